The number of ether oxygens (including phenoxy) is 1. The summed E-state index contributed by atoms with van der Waals surface area (Å²) in [5.74, 6) is 1.31. The molecule has 6 heteroatoms. The van der Waals surface area contributed by atoms with Crippen LogP contribution < -0.4 is 10.1 Å². The monoisotopic (exact) mass is 308 g/mol. The summed E-state index contributed by atoms with van der Waals surface area (Å²) in [5, 5.41) is 7.03. The highest BCUT2D eigenvalue weighted by Crippen LogP contribution is 2.23. The Morgan fingerprint density at radius 1 is 1.48 bits per heavy atom. The molecule has 0 bridgehead atoms. The van der Waals surface area contributed by atoms with E-state index in [1.807, 2.05) is 13.0 Å². The van der Waals surface area contributed by atoms with Crippen LogP contribution >= 0.6 is 11.6 Å². The smallest absolute Gasteiger partial charge is 0.266 e. The molecule has 21 heavy (non-hydrogen) atoms. The second-order valence-corrected chi connectivity index (χ2v) is 5.09. The van der Waals surface area contributed by atoms with Crippen molar-refractivity contribution in [1.82, 2.24) is 5.16 Å². The predicted molar refractivity (Wildman–Crippen MR) is 80.8 cm³/mol. The van der Waals surface area contributed by atoms with Crippen LogP contribution in [0.4, 0.5) is 5.82 Å². The number of benzene rings is 1. The minimum atomic E-state index is -0.659. The molecule has 2 rings (SSSR count). The van der Waals surface area contributed by atoms with Crippen molar-refractivity contribution >= 4 is 23.3 Å². The molecule has 1 atom stereocenters. The fourth-order valence-corrected chi connectivity index (χ4v) is 2.06. The van der Waals surface area contributed by atoms with Gasteiger partial charge in [0.2, 0.25) is 0 Å². The Labute approximate surface area is 128 Å². The largest absolute Gasteiger partial charge is 0.481 e. The summed E-state index contributed by atoms with van der Waals surface area (Å²) in [6.07, 6.45) is 0.141. The first kappa shape index (κ1) is 15.4. The molecule has 1 aromatic heterocycles. The minimum Gasteiger partial charge on any atom is -0.481 e. The standard InChI is InChI=1S/C15H17ClN2O3/c1-4-11-8-12(5-6-13(11)16)20-10(3)15(19)17-14-7-9(2)21-18-14/h5-8,10H,4H2,1-3H3,(H,17,18,19). The van der Waals surface area contributed by atoms with E-state index in [2.05, 4.69) is 10.5 Å². The number of carbonyl (C=O) groups excluding carboxylic acids is 1. The van der Waals surface area contributed by atoms with Crippen molar-refractivity contribution in [3.63, 3.8) is 0 Å². The van der Waals surface area contributed by atoms with Crippen LogP contribution in [-0.2, 0) is 11.2 Å². The number of nitrogens with one attached hydrogen (secondary N) is 1. The predicted octanol–water partition coefficient (Wildman–Crippen LogP) is 3.60. The van der Waals surface area contributed by atoms with E-state index < -0.39 is 6.10 Å². The summed E-state index contributed by atoms with van der Waals surface area (Å²) >= 11 is 6.05. The second-order valence-electron chi connectivity index (χ2n) is 4.68. The number of carbonyl (C=O) groups is 1. The quantitative estimate of drug-likeness (QED) is 0.916. The summed E-state index contributed by atoms with van der Waals surface area (Å²) in [6, 6.07) is 6.99. The summed E-state index contributed by atoms with van der Waals surface area (Å²) < 4.78 is 10.5. The Morgan fingerprint density at radius 2 is 2.24 bits per heavy atom. The van der Waals surface area contributed by atoms with Crippen LogP contribution in [0.3, 0.4) is 0 Å². The molecule has 0 aliphatic rings. The van der Waals surface area contributed by atoms with E-state index in [9.17, 15) is 4.79 Å². The number of rotatable bonds is 5. The van der Waals surface area contributed by atoms with E-state index in [4.69, 9.17) is 20.9 Å². The lowest BCUT2D eigenvalue weighted by Gasteiger charge is -2.14. The first-order valence-corrected chi connectivity index (χ1v) is 7.06. The van der Waals surface area contributed by atoms with E-state index in [1.54, 1.807) is 32.0 Å². The number of nitrogens with zero attached hydrogens (tertiary/aromatic N) is 1. The number of hydrogen-bond acceptors (Lipinski definition) is 4. The fourth-order valence-electron chi connectivity index (χ4n) is 1.81. The van der Waals surface area contributed by atoms with Crippen LogP contribution in [-0.4, -0.2) is 17.2 Å². The van der Waals surface area contributed by atoms with Crippen LogP contribution in [0, 0.1) is 6.92 Å². The maximum absolute atomic E-state index is 12.0. The molecule has 0 aliphatic carbocycles. The zero-order chi connectivity index (χ0) is 15.4. The van der Waals surface area contributed by atoms with Crippen molar-refractivity contribution in [2.75, 3.05) is 5.32 Å². The Morgan fingerprint density at radius 3 is 2.86 bits per heavy atom. The summed E-state index contributed by atoms with van der Waals surface area (Å²) in [5.41, 5.74) is 0.980. The van der Waals surface area contributed by atoms with E-state index in [1.165, 1.54) is 0 Å². The van der Waals surface area contributed by atoms with Gasteiger partial charge in [0.15, 0.2) is 11.9 Å². The molecule has 1 N–H and O–H groups in total. The second kappa shape index (κ2) is 6.63. The molecule has 0 radical (unpaired) electrons. The Balaban J connectivity index is 2.00. The van der Waals surface area contributed by atoms with Crippen molar-refractivity contribution in [3.05, 3.63) is 40.6 Å². The van der Waals surface area contributed by atoms with Crippen LogP contribution in [0.2, 0.25) is 5.02 Å². The molecule has 1 aromatic carbocycles. The molecule has 0 aliphatic heterocycles. The molecule has 0 saturated heterocycles. The summed E-state index contributed by atoms with van der Waals surface area (Å²) in [6.45, 7) is 5.43. The maximum Gasteiger partial charge on any atom is 0.266 e. The third kappa shape index (κ3) is 3.98. The molecule has 5 nitrogen and oxygen atoms in total. The van der Waals surface area contributed by atoms with Gasteiger partial charge in [0, 0.05) is 11.1 Å². The number of aryl methyl sites for hydroxylation is 2. The van der Waals surface area contributed by atoms with E-state index in [0.717, 1.165) is 12.0 Å². The highest BCUT2D eigenvalue weighted by Gasteiger charge is 2.16. The lowest BCUT2D eigenvalue weighted by Crippen LogP contribution is -2.30. The zero-order valence-electron chi connectivity index (χ0n) is 12.1. The molecule has 0 fully saturated rings. The van der Waals surface area contributed by atoms with Crippen molar-refractivity contribution < 1.29 is 14.1 Å². The molecule has 1 unspecified atom stereocenters. The van der Waals surface area contributed by atoms with Crippen molar-refractivity contribution in [2.45, 2.75) is 33.3 Å². The Hall–Kier alpha value is -2.01. The van der Waals surface area contributed by atoms with Gasteiger partial charge in [-0.3, -0.25) is 4.79 Å². The van der Waals surface area contributed by atoms with Gasteiger partial charge in [0.1, 0.15) is 11.5 Å². The van der Waals surface area contributed by atoms with Gasteiger partial charge >= 0.3 is 0 Å². The van der Waals surface area contributed by atoms with Crippen LogP contribution in [0.25, 0.3) is 0 Å². The highest BCUT2D eigenvalue weighted by molar-refractivity contribution is 6.31. The topological polar surface area (TPSA) is 64.4 Å². The molecule has 1 amide bonds. The molecule has 112 valence electrons. The minimum absolute atomic E-state index is 0.295. The number of anilines is 1. The van der Waals surface area contributed by atoms with Crippen LogP contribution in [0.5, 0.6) is 5.75 Å². The Kier molecular flexibility index (Phi) is 4.85. The van der Waals surface area contributed by atoms with Gasteiger partial charge in [0.25, 0.3) is 5.91 Å². The van der Waals surface area contributed by atoms with Gasteiger partial charge in [-0.25, -0.2) is 0 Å². The van der Waals surface area contributed by atoms with Crippen molar-refractivity contribution in [3.8, 4) is 5.75 Å². The first-order valence-electron chi connectivity index (χ1n) is 6.69. The summed E-state index contributed by atoms with van der Waals surface area (Å²) in [7, 11) is 0. The highest BCUT2D eigenvalue weighted by atomic mass is 35.5. The number of hydrogen-bond donors (Lipinski definition) is 1. The number of aromatic nitrogens is 1. The average Bonchev–Trinajstić information content (AvgIpc) is 2.86. The van der Waals surface area contributed by atoms with Gasteiger partial charge in [-0.1, -0.05) is 23.7 Å². The van der Waals surface area contributed by atoms with Crippen LogP contribution in [0.15, 0.2) is 28.8 Å². The number of amides is 1. The fraction of sp³-hybridized carbons (Fsp3) is 0.333. The normalized spacial score (nSPS) is 12.0. The van der Waals surface area contributed by atoms with Gasteiger partial charge < -0.3 is 14.6 Å². The molecule has 1 heterocycles. The van der Waals surface area contributed by atoms with Crippen molar-refractivity contribution in [1.29, 1.82) is 0 Å². The van der Waals surface area contributed by atoms with Gasteiger partial charge in [-0.05, 0) is 44.0 Å². The summed E-state index contributed by atoms with van der Waals surface area (Å²) in [4.78, 5) is 12.0. The third-order valence-electron chi connectivity index (χ3n) is 2.96. The molecule has 0 spiro atoms. The maximum atomic E-state index is 12.0. The van der Waals surface area contributed by atoms with E-state index in [0.29, 0.717) is 22.4 Å². The first-order chi connectivity index (χ1) is 9.99. The van der Waals surface area contributed by atoms with Crippen molar-refractivity contribution in [2.24, 2.45) is 0 Å². The SMILES string of the molecule is CCc1cc(OC(C)C(=O)Nc2cc(C)on2)ccc1Cl. The molecular weight excluding hydrogens is 292 g/mol. The lowest BCUT2D eigenvalue weighted by atomic mass is 10.1. The van der Waals surface area contributed by atoms with E-state index >= 15 is 0 Å². The van der Waals surface area contributed by atoms with E-state index in [-0.39, 0.29) is 5.91 Å². The molecular formula is C15H17ClN2O3. The lowest BCUT2D eigenvalue weighted by molar-refractivity contribution is -0.122. The van der Waals surface area contributed by atoms with Crippen LogP contribution in [0.1, 0.15) is 25.2 Å². The molecule has 0 saturated carbocycles. The average molecular weight is 309 g/mol. The zero-order valence-corrected chi connectivity index (χ0v) is 12.9. The van der Waals surface area contributed by atoms with Gasteiger partial charge in [-0.2, -0.15) is 0 Å². The number of halogens is 1. The Bertz CT molecular complexity index is 640. The molecule has 2 aromatic rings. The van der Waals surface area contributed by atoms with Gasteiger partial charge in [-0.15, -0.1) is 0 Å². The third-order valence-corrected chi connectivity index (χ3v) is 3.33. The van der Waals surface area contributed by atoms with Gasteiger partial charge in [0.05, 0.1) is 0 Å².